The average molecular weight is 419 g/mol. The van der Waals surface area contributed by atoms with E-state index in [2.05, 4.69) is 45.4 Å². The number of unbranched alkanes of at least 4 members (excludes halogenated alkanes) is 7. The van der Waals surface area contributed by atoms with E-state index in [4.69, 9.17) is 14.3 Å². The molecule has 0 saturated heterocycles. The topological polar surface area (TPSA) is 45.5 Å². The first-order chi connectivity index (χ1) is 13.0. The summed E-state index contributed by atoms with van der Waals surface area (Å²) in [5.74, 6) is 2.24. The molecule has 4 nitrogen and oxygen atoms in total. The van der Waals surface area contributed by atoms with Crippen molar-refractivity contribution >= 4 is 20.3 Å². The molecule has 27 heavy (non-hydrogen) atoms. The minimum atomic E-state index is -1.08. The SMILES string of the molecule is CCCCCCCCCCSCCOP(OCCC#N)N(C(C)C)C(C)C. The lowest BCUT2D eigenvalue weighted by Gasteiger charge is -2.35. The molecular formula is C21H43N2O2PS. The Kier molecular flexibility index (Phi) is 19.6. The number of rotatable bonds is 19. The van der Waals surface area contributed by atoms with Crippen molar-refractivity contribution in [1.82, 2.24) is 4.67 Å². The summed E-state index contributed by atoms with van der Waals surface area (Å²) in [6.45, 7) is 12.1. The third kappa shape index (κ3) is 15.7. The third-order valence-corrected chi connectivity index (χ3v) is 7.37. The van der Waals surface area contributed by atoms with Crippen molar-refractivity contribution in [1.29, 1.82) is 5.26 Å². The first kappa shape index (κ1) is 27.1. The Labute approximate surface area is 174 Å². The monoisotopic (exact) mass is 418 g/mol. The van der Waals surface area contributed by atoms with Gasteiger partial charge in [-0.2, -0.15) is 17.0 Å². The molecule has 0 aliphatic carbocycles. The standard InChI is InChI=1S/C21H43N2O2PS/c1-6-7-8-9-10-11-12-13-18-27-19-17-25-26(24-16-14-15-22)23(20(2)3)21(4)5/h20-21H,6-14,16-19H2,1-5H3. The van der Waals surface area contributed by atoms with E-state index >= 15 is 0 Å². The fraction of sp³-hybridized carbons (Fsp3) is 0.952. The van der Waals surface area contributed by atoms with E-state index in [1.54, 1.807) is 0 Å². The molecule has 0 rings (SSSR count). The van der Waals surface area contributed by atoms with Gasteiger partial charge in [0.05, 0.1) is 25.7 Å². The Balaban J connectivity index is 3.87. The second-order valence-corrected chi connectivity index (χ2v) is 10.1. The molecule has 0 saturated carbocycles. The van der Waals surface area contributed by atoms with Crippen LogP contribution >= 0.6 is 20.3 Å². The van der Waals surface area contributed by atoms with Crippen LogP contribution in [0.2, 0.25) is 0 Å². The van der Waals surface area contributed by atoms with Crippen LogP contribution in [0.3, 0.4) is 0 Å². The molecule has 0 aromatic rings. The maximum Gasteiger partial charge on any atom is 0.259 e. The van der Waals surface area contributed by atoms with E-state index < -0.39 is 8.53 Å². The van der Waals surface area contributed by atoms with E-state index in [9.17, 15) is 0 Å². The molecule has 0 spiro atoms. The van der Waals surface area contributed by atoms with Crippen LogP contribution in [0.1, 0.15) is 92.4 Å². The number of nitrogens with zero attached hydrogens (tertiary/aromatic N) is 2. The van der Waals surface area contributed by atoms with Gasteiger partial charge >= 0.3 is 0 Å². The van der Waals surface area contributed by atoms with Gasteiger partial charge in [0.25, 0.3) is 8.53 Å². The summed E-state index contributed by atoms with van der Waals surface area (Å²) >= 11 is 1.98. The molecular weight excluding hydrogens is 375 g/mol. The van der Waals surface area contributed by atoms with E-state index in [0.29, 0.717) is 25.1 Å². The molecule has 0 amide bonds. The molecule has 1 atom stereocenters. The van der Waals surface area contributed by atoms with Crippen molar-refractivity contribution in [2.75, 3.05) is 24.7 Å². The summed E-state index contributed by atoms with van der Waals surface area (Å²) in [6, 6.07) is 2.87. The van der Waals surface area contributed by atoms with Crippen molar-refractivity contribution in [3.8, 4) is 6.07 Å². The minimum Gasteiger partial charge on any atom is -0.321 e. The number of thioether (sulfide) groups is 1. The van der Waals surface area contributed by atoms with Crippen molar-refractivity contribution in [2.24, 2.45) is 0 Å². The van der Waals surface area contributed by atoms with E-state index in [-0.39, 0.29) is 0 Å². The molecule has 0 bridgehead atoms. The van der Waals surface area contributed by atoms with Gasteiger partial charge in [0.1, 0.15) is 0 Å². The molecule has 0 N–H and O–H groups in total. The Morgan fingerprint density at radius 2 is 1.41 bits per heavy atom. The maximum atomic E-state index is 8.74. The Hall–Kier alpha value is 0.150. The van der Waals surface area contributed by atoms with Gasteiger partial charge in [-0.1, -0.05) is 51.9 Å². The molecule has 0 aromatic carbocycles. The maximum absolute atomic E-state index is 8.74. The van der Waals surface area contributed by atoms with Gasteiger partial charge in [-0.25, -0.2) is 4.67 Å². The molecule has 0 radical (unpaired) electrons. The highest BCUT2D eigenvalue weighted by atomic mass is 32.2. The molecule has 0 fully saturated rings. The van der Waals surface area contributed by atoms with E-state index in [1.165, 1.54) is 57.1 Å². The Morgan fingerprint density at radius 1 is 0.852 bits per heavy atom. The zero-order valence-corrected chi connectivity index (χ0v) is 20.1. The van der Waals surface area contributed by atoms with Gasteiger partial charge in [-0.15, -0.1) is 0 Å². The highest BCUT2D eigenvalue weighted by Gasteiger charge is 2.26. The lowest BCUT2D eigenvalue weighted by Crippen LogP contribution is -2.33. The van der Waals surface area contributed by atoms with Crippen molar-refractivity contribution in [2.45, 2.75) is 104 Å². The third-order valence-electron chi connectivity index (χ3n) is 4.23. The van der Waals surface area contributed by atoms with Crippen molar-refractivity contribution in [3.05, 3.63) is 0 Å². The normalized spacial score (nSPS) is 12.9. The van der Waals surface area contributed by atoms with Gasteiger partial charge in [0.2, 0.25) is 0 Å². The second kappa shape index (κ2) is 19.5. The summed E-state index contributed by atoms with van der Waals surface area (Å²) in [4.78, 5) is 0. The zero-order chi connectivity index (χ0) is 20.3. The van der Waals surface area contributed by atoms with Gasteiger partial charge in [-0.3, -0.25) is 0 Å². The number of hydrogen-bond acceptors (Lipinski definition) is 5. The Morgan fingerprint density at radius 3 is 1.96 bits per heavy atom. The van der Waals surface area contributed by atoms with Crippen LogP contribution in [-0.2, 0) is 9.05 Å². The highest BCUT2D eigenvalue weighted by molar-refractivity contribution is 7.99. The van der Waals surface area contributed by atoms with Crippen LogP contribution in [0.25, 0.3) is 0 Å². The quantitative estimate of drug-likeness (QED) is 0.165. The number of nitriles is 1. The molecule has 0 aliphatic heterocycles. The van der Waals surface area contributed by atoms with Crippen LogP contribution in [0.15, 0.2) is 0 Å². The smallest absolute Gasteiger partial charge is 0.259 e. The second-order valence-electron chi connectivity index (χ2n) is 7.47. The van der Waals surface area contributed by atoms with Crippen molar-refractivity contribution < 1.29 is 9.05 Å². The fourth-order valence-electron chi connectivity index (χ4n) is 2.93. The van der Waals surface area contributed by atoms with E-state index in [0.717, 1.165) is 12.4 Å². The summed E-state index contributed by atoms with van der Waals surface area (Å²) in [5, 5.41) is 8.74. The first-order valence-electron chi connectivity index (χ1n) is 10.8. The Bertz CT molecular complexity index is 357. The minimum absolute atomic E-state index is 0.364. The first-order valence-corrected chi connectivity index (χ1v) is 13.1. The van der Waals surface area contributed by atoms with Gasteiger partial charge in [0, 0.05) is 17.8 Å². The highest BCUT2D eigenvalue weighted by Crippen LogP contribution is 2.45. The predicted molar refractivity (Wildman–Crippen MR) is 121 cm³/mol. The van der Waals surface area contributed by atoms with Gasteiger partial charge in [0.15, 0.2) is 0 Å². The van der Waals surface area contributed by atoms with Gasteiger partial charge < -0.3 is 9.05 Å². The molecule has 1 unspecified atom stereocenters. The van der Waals surface area contributed by atoms with Gasteiger partial charge in [-0.05, 0) is 39.9 Å². The predicted octanol–water partition coefficient (Wildman–Crippen LogP) is 7.15. The fourth-order valence-corrected chi connectivity index (χ4v) is 5.46. The van der Waals surface area contributed by atoms with Crippen LogP contribution in [0, 0.1) is 11.3 Å². The number of hydrogen-bond donors (Lipinski definition) is 0. The van der Waals surface area contributed by atoms with Crippen LogP contribution in [0.4, 0.5) is 0 Å². The average Bonchev–Trinajstić information content (AvgIpc) is 2.61. The zero-order valence-electron chi connectivity index (χ0n) is 18.4. The lowest BCUT2D eigenvalue weighted by molar-refractivity contribution is 0.182. The lowest BCUT2D eigenvalue weighted by atomic mass is 10.1. The summed E-state index contributed by atoms with van der Waals surface area (Å²) < 4.78 is 14.3. The summed E-state index contributed by atoms with van der Waals surface area (Å²) in [7, 11) is -1.08. The van der Waals surface area contributed by atoms with Crippen LogP contribution in [0.5, 0.6) is 0 Å². The largest absolute Gasteiger partial charge is 0.321 e. The summed E-state index contributed by atoms with van der Waals surface area (Å²) in [6.07, 6.45) is 11.4. The van der Waals surface area contributed by atoms with Crippen molar-refractivity contribution in [3.63, 3.8) is 0 Å². The molecule has 6 heteroatoms. The molecule has 160 valence electrons. The van der Waals surface area contributed by atoms with E-state index in [1.807, 2.05) is 11.8 Å². The molecule has 0 heterocycles. The molecule has 0 aromatic heterocycles. The van der Waals surface area contributed by atoms with Crippen LogP contribution < -0.4 is 0 Å². The summed E-state index contributed by atoms with van der Waals surface area (Å²) in [5.41, 5.74) is 0. The van der Waals surface area contributed by atoms with Crippen LogP contribution in [-0.4, -0.2) is 41.5 Å². The molecule has 0 aliphatic rings.